The first-order chi connectivity index (χ1) is 13.2. The monoisotopic (exact) mass is 347 g/mol. The standard InChI is InChI=1S/C26H21N/c1-18-13-14-22-24-17-23(20-9-5-3-6-10-20)19(2)16-26(24)27(25(22)15-18)21-11-7-4-8-12-21/h3-17H,1-2H3. The van der Waals surface area contributed by atoms with Crippen LogP contribution in [0.4, 0.5) is 0 Å². The average molecular weight is 347 g/mol. The number of benzene rings is 4. The van der Waals surface area contributed by atoms with Gasteiger partial charge in [0.15, 0.2) is 0 Å². The molecule has 0 spiro atoms. The van der Waals surface area contributed by atoms with Crippen molar-refractivity contribution in [2.75, 3.05) is 0 Å². The zero-order valence-electron chi connectivity index (χ0n) is 15.6. The van der Waals surface area contributed by atoms with Crippen LogP contribution in [0.3, 0.4) is 0 Å². The molecule has 0 saturated carbocycles. The van der Waals surface area contributed by atoms with Crippen LogP contribution in [0.5, 0.6) is 0 Å². The molecular weight excluding hydrogens is 326 g/mol. The fourth-order valence-electron chi connectivity index (χ4n) is 4.06. The minimum Gasteiger partial charge on any atom is -0.309 e. The number of para-hydroxylation sites is 1. The Morgan fingerprint density at radius 2 is 1.26 bits per heavy atom. The van der Waals surface area contributed by atoms with Gasteiger partial charge in [-0.3, -0.25) is 0 Å². The molecule has 0 atom stereocenters. The van der Waals surface area contributed by atoms with E-state index in [0.29, 0.717) is 0 Å². The van der Waals surface area contributed by atoms with Gasteiger partial charge in [0.1, 0.15) is 0 Å². The van der Waals surface area contributed by atoms with E-state index in [9.17, 15) is 0 Å². The Morgan fingerprint density at radius 1 is 0.593 bits per heavy atom. The van der Waals surface area contributed by atoms with Crippen molar-refractivity contribution in [1.82, 2.24) is 4.57 Å². The van der Waals surface area contributed by atoms with Crippen LogP contribution in [-0.4, -0.2) is 4.57 Å². The molecule has 0 N–H and O–H groups in total. The molecule has 5 rings (SSSR count). The van der Waals surface area contributed by atoms with Crippen LogP contribution >= 0.6 is 0 Å². The molecule has 0 aliphatic rings. The highest BCUT2D eigenvalue weighted by Crippen LogP contribution is 2.36. The van der Waals surface area contributed by atoms with Gasteiger partial charge in [-0.2, -0.15) is 0 Å². The third-order valence-electron chi connectivity index (χ3n) is 5.37. The maximum absolute atomic E-state index is 2.39. The van der Waals surface area contributed by atoms with E-state index in [1.807, 2.05) is 0 Å². The molecule has 5 aromatic rings. The SMILES string of the molecule is Cc1ccc2c3cc(-c4ccccc4)c(C)cc3n(-c3ccccc3)c2c1. The topological polar surface area (TPSA) is 4.93 Å². The predicted molar refractivity (Wildman–Crippen MR) is 116 cm³/mol. The van der Waals surface area contributed by atoms with Crippen molar-refractivity contribution in [3.05, 3.63) is 102 Å². The summed E-state index contributed by atoms with van der Waals surface area (Å²) in [6.45, 7) is 4.37. The van der Waals surface area contributed by atoms with Crippen molar-refractivity contribution in [2.45, 2.75) is 13.8 Å². The lowest BCUT2D eigenvalue weighted by molar-refractivity contribution is 1.17. The van der Waals surface area contributed by atoms with Crippen LogP contribution < -0.4 is 0 Å². The van der Waals surface area contributed by atoms with Crippen LogP contribution in [0.1, 0.15) is 11.1 Å². The second-order valence-electron chi connectivity index (χ2n) is 7.24. The van der Waals surface area contributed by atoms with E-state index in [0.717, 1.165) is 0 Å². The van der Waals surface area contributed by atoms with E-state index in [1.165, 1.54) is 49.7 Å². The Kier molecular flexibility index (Phi) is 3.61. The number of aromatic nitrogens is 1. The molecule has 1 heteroatoms. The van der Waals surface area contributed by atoms with Gasteiger partial charge in [-0.15, -0.1) is 0 Å². The molecule has 0 bridgehead atoms. The Balaban J connectivity index is 1.91. The zero-order chi connectivity index (χ0) is 18.4. The Morgan fingerprint density at radius 3 is 2.00 bits per heavy atom. The van der Waals surface area contributed by atoms with E-state index >= 15 is 0 Å². The van der Waals surface area contributed by atoms with Crippen molar-refractivity contribution < 1.29 is 0 Å². The third-order valence-corrected chi connectivity index (χ3v) is 5.37. The summed E-state index contributed by atoms with van der Waals surface area (Å²) in [7, 11) is 0. The van der Waals surface area contributed by atoms with E-state index in [-0.39, 0.29) is 0 Å². The van der Waals surface area contributed by atoms with Crippen LogP contribution in [0.25, 0.3) is 38.6 Å². The number of hydrogen-bond donors (Lipinski definition) is 0. The molecule has 1 nitrogen and oxygen atoms in total. The van der Waals surface area contributed by atoms with Gasteiger partial charge in [0, 0.05) is 16.5 Å². The predicted octanol–water partition coefficient (Wildman–Crippen LogP) is 7.07. The molecule has 0 fully saturated rings. The molecule has 27 heavy (non-hydrogen) atoms. The largest absolute Gasteiger partial charge is 0.309 e. The second kappa shape index (κ2) is 6.14. The quantitative estimate of drug-likeness (QED) is 0.322. The van der Waals surface area contributed by atoms with Crippen molar-refractivity contribution in [3.8, 4) is 16.8 Å². The first-order valence-corrected chi connectivity index (χ1v) is 9.38. The van der Waals surface area contributed by atoms with Gasteiger partial charge in [0.2, 0.25) is 0 Å². The summed E-state index contributed by atoms with van der Waals surface area (Å²) in [5.74, 6) is 0. The minimum absolute atomic E-state index is 1.20. The average Bonchev–Trinajstić information content (AvgIpc) is 3.00. The van der Waals surface area contributed by atoms with E-state index in [4.69, 9.17) is 0 Å². The zero-order valence-corrected chi connectivity index (χ0v) is 15.6. The molecule has 1 aromatic heterocycles. The molecule has 130 valence electrons. The normalized spacial score (nSPS) is 11.3. The highest BCUT2D eigenvalue weighted by atomic mass is 15.0. The molecule has 4 aromatic carbocycles. The van der Waals surface area contributed by atoms with Crippen molar-refractivity contribution in [2.24, 2.45) is 0 Å². The van der Waals surface area contributed by atoms with E-state index < -0.39 is 0 Å². The van der Waals surface area contributed by atoms with Gasteiger partial charge in [0.25, 0.3) is 0 Å². The molecule has 0 saturated heterocycles. The molecule has 0 amide bonds. The fourth-order valence-corrected chi connectivity index (χ4v) is 4.06. The summed E-state index contributed by atoms with van der Waals surface area (Å²) < 4.78 is 2.39. The Hall–Kier alpha value is -3.32. The van der Waals surface area contributed by atoms with Gasteiger partial charge in [0.05, 0.1) is 11.0 Å². The summed E-state index contributed by atoms with van der Waals surface area (Å²) in [6, 6.07) is 32.8. The van der Waals surface area contributed by atoms with Crippen LogP contribution in [-0.2, 0) is 0 Å². The maximum atomic E-state index is 2.39. The van der Waals surface area contributed by atoms with E-state index in [1.54, 1.807) is 0 Å². The number of hydrogen-bond acceptors (Lipinski definition) is 0. The first-order valence-electron chi connectivity index (χ1n) is 9.38. The first kappa shape index (κ1) is 15.9. The number of rotatable bonds is 2. The Bertz CT molecular complexity index is 1260. The molecule has 0 aliphatic heterocycles. The summed E-state index contributed by atoms with van der Waals surface area (Å²) in [4.78, 5) is 0. The number of aryl methyl sites for hydroxylation is 2. The molecule has 0 aliphatic carbocycles. The molecule has 0 unspecified atom stereocenters. The molecular formula is C26H21N. The van der Waals surface area contributed by atoms with Gasteiger partial charge in [-0.1, -0.05) is 60.7 Å². The van der Waals surface area contributed by atoms with Crippen molar-refractivity contribution >= 4 is 21.8 Å². The van der Waals surface area contributed by atoms with Crippen molar-refractivity contribution in [3.63, 3.8) is 0 Å². The Labute approximate surface area is 159 Å². The third kappa shape index (κ3) is 2.55. The summed E-state index contributed by atoms with van der Waals surface area (Å²) >= 11 is 0. The highest BCUT2D eigenvalue weighted by Gasteiger charge is 2.15. The lowest BCUT2D eigenvalue weighted by Gasteiger charge is -2.10. The van der Waals surface area contributed by atoms with Crippen LogP contribution in [0, 0.1) is 13.8 Å². The minimum atomic E-state index is 1.20. The van der Waals surface area contributed by atoms with Crippen LogP contribution in [0.15, 0.2) is 91.0 Å². The summed E-state index contributed by atoms with van der Waals surface area (Å²) in [5.41, 5.74) is 8.88. The summed E-state index contributed by atoms with van der Waals surface area (Å²) in [6.07, 6.45) is 0. The summed E-state index contributed by atoms with van der Waals surface area (Å²) in [5, 5.41) is 2.61. The number of nitrogens with zero attached hydrogens (tertiary/aromatic N) is 1. The van der Waals surface area contributed by atoms with Crippen molar-refractivity contribution in [1.29, 1.82) is 0 Å². The van der Waals surface area contributed by atoms with E-state index in [2.05, 4.69) is 109 Å². The lowest BCUT2D eigenvalue weighted by Crippen LogP contribution is -1.94. The van der Waals surface area contributed by atoms with Gasteiger partial charge < -0.3 is 4.57 Å². The van der Waals surface area contributed by atoms with Crippen LogP contribution in [0.2, 0.25) is 0 Å². The van der Waals surface area contributed by atoms with Gasteiger partial charge >= 0.3 is 0 Å². The van der Waals surface area contributed by atoms with Gasteiger partial charge in [-0.25, -0.2) is 0 Å². The second-order valence-corrected chi connectivity index (χ2v) is 7.24. The molecule has 1 heterocycles. The fraction of sp³-hybridized carbons (Fsp3) is 0.0769. The lowest BCUT2D eigenvalue weighted by atomic mass is 9.98. The molecule has 0 radical (unpaired) electrons. The maximum Gasteiger partial charge on any atom is 0.0544 e. The highest BCUT2D eigenvalue weighted by molar-refractivity contribution is 6.11. The van der Waals surface area contributed by atoms with Gasteiger partial charge in [-0.05, 0) is 66.4 Å². The smallest absolute Gasteiger partial charge is 0.0544 e. The number of fused-ring (bicyclic) bond motifs is 3.